The molecular weight excluding hydrogens is 374 g/mol. The molecule has 28 heavy (non-hydrogen) atoms. The van der Waals surface area contributed by atoms with E-state index in [1.54, 1.807) is 18.2 Å². The second-order valence-electron chi connectivity index (χ2n) is 6.73. The van der Waals surface area contributed by atoms with E-state index < -0.39 is 0 Å². The molecule has 1 aliphatic rings. The van der Waals surface area contributed by atoms with Crippen LogP contribution in [0.15, 0.2) is 36.4 Å². The summed E-state index contributed by atoms with van der Waals surface area (Å²) in [6.45, 7) is 7.86. The summed E-state index contributed by atoms with van der Waals surface area (Å²) >= 11 is 5.50. The predicted molar refractivity (Wildman–Crippen MR) is 115 cm³/mol. The zero-order valence-corrected chi connectivity index (χ0v) is 17.2. The maximum absolute atomic E-state index is 12.5. The molecule has 0 aliphatic carbocycles. The van der Waals surface area contributed by atoms with Crippen LogP contribution in [0.2, 0.25) is 0 Å². The largest absolute Gasteiger partial charge is 0.486 e. The van der Waals surface area contributed by atoms with Crippen LogP contribution in [0, 0.1) is 13.8 Å². The van der Waals surface area contributed by atoms with Gasteiger partial charge in [0, 0.05) is 24.0 Å². The second-order valence-corrected chi connectivity index (χ2v) is 7.11. The van der Waals surface area contributed by atoms with Crippen molar-refractivity contribution in [2.24, 2.45) is 0 Å². The molecular formula is C21H25N3O3S. The fraction of sp³-hybridized carbons (Fsp3) is 0.333. The average molecular weight is 400 g/mol. The normalized spacial score (nSPS) is 12.2. The number of amides is 1. The van der Waals surface area contributed by atoms with E-state index >= 15 is 0 Å². The van der Waals surface area contributed by atoms with Crippen molar-refractivity contribution < 1.29 is 14.3 Å². The Bertz CT molecular complexity index is 865. The van der Waals surface area contributed by atoms with Crippen molar-refractivity contribution in [1.29, 1.82) is 0 Å². The number of aryl methyl sites for hydroxylation is 2. The van der Waals surface area contributed by atoms with Crippen LogP contribution in [0.4, 0.5) is 11.4 Å². The zero-order valence-electron chi connectivity index (χ0n) is 16.4. The van der Waals surface area contributed by atoms with Crippen molar-refractivity contribution in [1.82, 2.24) is 4.90 Å². The van der Waals surface area contributed by atoms with Crippen LogP contribution in [0.25, 0.3) is 0 Å². The van der Waals surface area contributed by atoms with Gasteiger partial charge in [-0.3, -0.25) is 4.79 Å². The quantitative estimate of drug-likeness (QED) is 0.747. The van der Waals surface area contributed by atoms with Gasteiger partial charge in [-0.25, -0.2) is 0 Å². The first kappa shape index (κ1) is 19.9. The van der Waals surface area contributed by atoms with Crippen LogP contribution in [-0.2, 0) is 4.79 Å². The molecule has 0 unspecified atom stereocenters. The van der Waals surface area contributed by atoms with Gasteiger partial charge >= 0.3 is 0 Å². The molecule has 0 aromatic heterocycles. The first-order chi connectivity index (χ1) is 13.4. The van der Waals surface area contributed by atoms with Gasteiger partial charge in [0.2, 0.25) is 5.91 Å². The number of fused-ring (bicyclic) bond motifs is 1. The van der Waals surface area contributed by atoms with E-state index in [1.165, 1.54) is 0 Å². The molecule has 0 spiro atoms. The van der Waals surface area contributed by atoms with Crippen LogP contribution in [0.5, 0.6) is 11.5 Å². The number of ether oxygens (including phenoxy) is 2. The number of anilines is 2. The fourth-order valence-corrected chi connectivity index (χ4v) is 3.38. The van der Waals surface area contributed by atoms with Crippen molar-refractivity contribution >= 4 is 34.6 Å². The number of rotatable bonds is 5. The van der Waals surface area contributed by atoms with Crippen molar-refractivity contribution in [2.75, 3.05) is 36.9 Å². The third-order valence-corrected chi connectivity index (χ3v) is 4.66. The highest BCUT2D eigenvalue weighted by atomic mass is 32.1. The van der Waals surface area contributed by atoms with E-state index in [2.05, 4.69) is 16.7 Å². The number of hydrogen-bond acceptors (Lipinski definition) is 4. The van der Waals surface area contributed by atoms with Crippen LogP contribution in [-0.4, -0.2) is 42.2 Å². The minimum atomic E-state index is -0.150. The first-order valence-electron chi connectivity index (χ1n) is 9.28. The van der Waals surface area contributed by atoms with Crippen LogP contribution < -0.4 is 20.1 Å². The summed E-state index contributed by atoms with van der Waals surface area (Å²) < 4.78 is 11.1. The van der Waals surface area contributed by atoms with Crippen LogP contribution in [0.1, 0.15) is 18.1 Å². The third kappa shape index (κ3) is 5.13. The average Bonchev–Trinajstić information content (AvgIpc) is 2.65. The van der Waals surface area contributed by atoms with Crippen LogP contribution in [0.3, 0.4) is 0 Å². The molecule has 1 heterocycles. The van der Waals surface area contributed by atoms with E-state index in [0.29, 0.717) is 42.1 Å². The van der Waals surface area contributed by atoms with E-state index in [4.69, 9.17) is 21.7 Å². The number of carbonyl (C=O) groups is 1. The van der Waals surface area contributed by atoms with E-state index in [0.717, 1.165) is 16.8 Å². The number of benzene rings is 2. The van der Waals surface area contributed by atoms with Gasteiger partial charge in [0.1, 0.15) is 13.2 Å². The lowest BCUT2D eigenvalue weighted by Crippen LogP contribution is -2.40. The Morgan fingerprint density at radius 3 is 2.36 bits per heavy atom. The number of nitrogens with one attached hydrogen (secondary N) is 2. The molecule has 2 N–H and O–H groups in total. The summed E-state index contributed by atoms with van der Waals surface area (Å²) in [6.07, 6.45) is 0. The smallest absolute Gasteiger partial charge is 0.243 e. The molecule has 1 aliphatic heterocycles. The van der Waals surface area contributed by atoms with E-state index in [9.17, 15) is 4.79 Å². The molecule has 148 valence electrons. The lowest BCUT2D eigenvalue weighted by molar-refractivity contribution is -0.116. The molecule has 0 fully saturated rings. The van der Waals surface area contributed by atoms with E-state index in [1.807, 2.05) is 37.8 Å². The third-order valence-electron chi connectivity index (χ3n) is 4.30. The summed E-state index contributed by atoms with van der Waals surface area (Å²) in [5.74, 6) is 1.18. The molecule has 2 aromatic rings. The van der Waals surface area contributed by atoms with Gasteiger partial charge in [0.25, 0.3) is 0 Å². The number of carbonyl (C=O) groups excluding carboxylic acids is 1. The SMILES string of the molecule is CCN(CC(=O)Nc1ccc2c(c1)OCCO2)C(=S)Nc1cc(C)cc(C)c1. The van der Waals surface area contributed by atoms with Crippen molar-refractivity contribution in [3.05, 3.63) is 47.5 Å². The standard InChI is InChI=1S/C21H25N3O3S/c1-4-24(21(28)23-17-10-14(2)9-15(3)11-17)13-20(25)22-16-5-6-18-19(12-16)27-8-7-26-18/h5-6,9-12H,4,7-8,13H2,1-3H3,(H,22,25)(H,23,28). The molecule has 0 bridgehead atoms. The lowest BCUT2D eigenvalue weighted by atomic mass is 10.1. The molecule has 3 rings (SSSR count). The van der Waals surface area contributed by atoms with Crippen molar-refractivity contribution in [3.8, 4) is 11.5 Å². The maximum atomic E-state index is 12.5. The molecule has 0 saturated carbocycles. The highest BCUT2D eigenvalue weighted by molar-refractivity contribution is 7.80. The van der Waals surface area contributed by atoms with Gasteiger partial charge < -0.3 is 25.0 Å². The van der Waals surface area contributed by atoms with E-state index in [-0.39, 0.29) is 12.5 Å². The Morgan fingerprint density at radius 1 is 1.00 bits per heavy atom. The maximum Gasteiger partial charge on any atom is 0.243 e. The molecule has 0 atom stereocenters. The van der Waals surface area contributed by atoms with Crippen LogP contribution >= 0.6 is 12.2 Å². The highest BCUT2D eigenvalue weighted by Gasteiger charge is 2.16. The lowest BCUT2D eigenvalue weighted by Gasteiger charge is -2.24. The Morgan fingerprint density at radius 2 is 1.68 bits per heavy atom. The molecule has 1 amide bonds. The Labute approximate surface area is 170 Å². The minimum absolute atomic E-state index is 0.150. The summed E-state index contributed by atoms with van der Waals surface area (Å²) in [6, 6.07) is 11.5. The Hall–Kier alpha value is -2.80. The summed E-state index contributed by atoms with van der Waals surface area (Å²) in [4.78, 5) is 14.3. The number of likely N-dealkylation sites (N-methyl/N-ethyl adjacent to an activating group) is 1. The molecule has 0 saturated heterocycles. The monoisotopic (exact) mass is 399 g/mol. The molecule has 7 heteroatoms. The van der Waals surface area contributed by atoms with Crippen molar-refractivity contribution in [3.63, 3.8) is 0 Å². The van der Waals surface area contributed by atoms with Gasteiger partial charge in [0.15, 0.2) is 16.6 Å². The van der Waals surface area contributed by atoms with Gasteiger partial charge in [-0.05, 0) is 68.4 Å². The Kier molecular flexibility index (Phi) is 6.36. The first-order valence-corrected chi connectivity index (χ1v) is 9.69. The number of thiocarbonyl (C=S) groups is 1. The summed E-state index contributed by atoms with van der Waals surface area (Å²) in [5, 5.41) is 6.63. The predicted octanol–water partition coefficient (Wildman–Crippen LogP) is 3.73. The van der Waals surface area contributed by atoms with Gasteiger partial charge in [-0.2, -0.15) is 0 Å². The second kappa shape index (κ2) is 8.93. The van der Waals surface area contributed by atoms with Gasteiger partial charge in [0.05, 0.1) is 6.54 Å². The number of nitrogens with zero attached hydrogens (tertiary/aromatic N) is 1. The summed E-state index contributed by atoms with van der Waals surface area (Å²) in [5.41, 5.74) is 3.90. The Balaban J connectivity index is 1.60. The topological polar surface area (TPSA) is 62.8 Å². The highest BCUT2D eigenvalue weighted by Crippen LogP contribution is 2.32. The fourth-order valence-electron chi connectivity index (χ4n) is 3.07. The zero-order chi connectivity index (χ0) is 20.1. The molecule has 2 aromatic carbocycles. The molecule has 6 nitrogen and oxygen atoms in total. The van der Waals surface area contributed by atoms with Gasteiger partial charge in [-0.1, -0.05) is 6.07 Å². The minimum Gasteiger partial charge on any atom is -0.486 e. The van der Waals surface area contributed by atoms with Crippen molar-refractivity contribution in [2.45, 2.75) is 20.8 Å². The number of hydrogen-bond donors (Lipinski definition) is 2. The molecule has 0 radical (unpaired) electrons. The van der Waals surface area contributed by atoms with Gasteiger partial charge in [-0.15, -0.1) is 0 Å². The summed E-state index contributed by atoms with van der Waals surface area (Å²) in [7, 11) is 0.